The van der Waals surface area contributed by atoms with Crippen molar-refractivity contribution in [2.24, 2.45) is 0 Å². The van der Waals surface area contributed by atoms with E-state index in [1.54, 1.807) is 26.0 Å². The molecule has 2 heteroatoms. The van der Waals surface area contributed by atoms with Gasteiger partial charge in [-0.3, -0.25) is 0 Å². The lowest BCUT2D eigenvalue weighted by molar-refractivity contribution is 0.130. The van der Waals surface area contributed by atoms with Gasteiger partial charge in [-0.15, -0.1) is 0 Å². The number of hydrogen-bond acceptors (Lipinski definition) is 2. The van der Waals surface area contributed by atoms with Crippen molar-refractivity contribution in [1.29, 1.82) is 0 Å². The van der Waals surface area contributed by atoms with Crippen LogP contribution < -0.4 is 0 Å². The first-order valence-corrected chi connectivity index (χ1v) is 4.64. The van der Waals surface area contributed by atoms with Gasteiger partial charge in [-0.2, -0.15) is 0 Å². The Labute approximate surface area is 84.5 Å². The molecule has 0 aliphatic carbocycles. The van der Waals surface area contributed by atoms with Gasteiger partial charge in [-0.1, -0.05) is 42.5 Å². The van der Waals surface area contributed by atoms with E-state index in [2.05, 4.69) is 0 Å². The summed E-state index contributed by atoms with van der Waals surface area (Å²) < 4.78 is 0. The summed E-state index contributed by atoms with van der Waals surface area (Å²) in [5, 5.41) is 19.1. The smallest absolute Gasteiger partial charge is 0.0972 e. The summed E-state index contributed by atoms with van der Waals surface area (Å²) in [7, 11) is 0. The first-order valence-electron chi connectivity index (χ1n) is 4.64. The lowest BCUT2D eigenvalue weighted by Crippen LogP contribution is -2.14. The molecular weight excluding hydrogens is 176 g/mol. The molecule has 0 spiro atoms. The van der Waals surface area contributed by atoms with Crippen LogP contribution in [0.25, 0.3) is 0 Å². The average Bonchev–Trinajstić information content (AvgIpc) is 2.14. The molecule has 0 aromatic heterocycles. The maximum absolute atomic E-state index is 9.69. The monoisotopic (exact) mass is 192 g/mol. The Morgan fingerprint density at radius 3 is 2.29 bits per heavy atom. The zero-order valence-corrected chi connectivity index (χ0v) is 8.51. The third-order valence-electron chi connectivity index (χ3n) is 1.83. The fourth-order valence-electron chi connectivity index (χ4n) is 1.09. The highest BCUT2D eigenvalue weighted by Gasteiger charge is 2.08. The van der Waals surface area contributed by atoms with E-state index < -0.39 is 11.7 Å². The Kier molecular flexibility index (Phi) is 3.44. The van der Waals surface area contributed by atoms with Crippen LogP contribution in [0.1, 0.15) is 25.5 Å². The normalized spacial score (nSPS) is 14.6. The first-order chi connectivity index (χ1) is 6.49. The van der Waals surface area contributed by atoms with E-state index in [9.17, 15) is 10.2 Å². The Morgan fingerprint density at radius 2 is 1.79 bits per heavy atom. The summed E-state index contributed by atoms with van der Waals surface area (Å²) in [5.41, 5.74) is -0.0524. The molecule has 0 bridgehead atoms. The van der Waals surface area contributed by atoms with Crippen LogP contribution in [0.4, 0.5) is 0 Å². The third-order valence-corrected chi connectivity index (χ3v) is 1.83. The molecule has 1 aromatic carbocycles. The molecule has 0 saturated heterocycles. The molecule has 0 heterocycles. The lowest BCUT2D eigenvalue weighted by atomic mass is 10.1. The van der Waals surface area contributed by atoms with E-state index in [1.807, 2.05) is 30.3 Å². The quantitative estimate of drug-likeness (QED) is 0.719. The van der Waals surface area contributed by atoms with Crippen LogP contribution in [0.5, 0.6) is 0 Å². The lowest BCUT2D eigenvalue weighted by Gasteiger charge is -2.12. The molecule has 76 valence electrons. The summed E-state index contributed by atoms with van der Waals surface area (Å²) in [5.74, 6) is 0. The number of aliphatic hydroxyl groups excluding tert-OH is 1. The fourth-order valence-corrected chi connectivity index (χ4v) is 1.09. The van der Waals surface area contributed by atoms with Crippen LogP contribution in [0.2, 0.25) is 0 Å². The maximum Gasteiger partial charge on any atom is 0.0972 e. The Morgan fingerprint density at radius 1 is 1.21 bits per heavy atom. The van der Waals surface area contributed by atoms with Gasteiger partial charge in [0.25, 0.3) is 0 Å². The van der Waals surface area contributed by atoms with E-state index in [-0.39, 0.29) is 0 Å². The van der Waals surface area contributed by atoms with E-state index in [0.29, 0.717) is 0 Å². The van der Waals surface area contributed by atoms with Gasteiger partial charge in [0.15, 0.2) is 0 Å². The largest absolute Gasteiger partial charge is 0.386 e. The van der Waals surface area contributed by atoms with Crippen LogP contribution >= 0.6 is 0 Å². The number of benzene rings is 1. The van der Waals surface area contributed by atoms with Gasteiger partial charge in [0, 0.05) is 0 Å². The molecule has 1 atom stereocenters. The molecule has 2 nitrogen and oxygen atoms in total. The van der Waals surface area contributed by atoms with Gasteiger partial charge in [0.05, 0.1) is 11.7 Å². The molecule has 0 aliphatic heterocycles. The van der Waals surface area contributed by atoms with E-state index >= 15 is 0 Å². The van der Waals surface area contributed by atoms with Gasteiger partial charge in [0.2, 0.25) is 0 Å². The molecule has 2 N–H and O–H groups in total. The summed E-state index contributed by atoms with van der Waals surface area (Å²) in [6.45, 7) is 3.34. The van der Waals surface area contributed by atoms with Crippen LogP contribution in [-0.4, -0.2) is 15.8 Å². The van der Waals surface area contributed by atoms with E-state index in [0.717, 1.165) is 5.56 Å². The predicted octanol–water partition coefficient (Wildman–Crippen LogP) is 2.05. The summed E-state index contributed by atoms with van der Waals surface area (Å²) in [4.78, 5) is 0. The predicted molar refractivity (Wildman–Crippen MR) is 56.8 cm³/mol. The SMILES string of the molecule is CC(C)(O)C=CC(O)c1ccccc1. The molecule has 0 fully saturated rings. The number of rotatable bonds is 3. The van der Waals surface area contributed by atoms with E-state index in [1.165, 1.54) is 0 Å². The summed E-state index contributed by atoms with van der Waals surface area (Å²) in [6, 6.07) is 9.33. The van der Waals surface area contributed by atoms with Gasteiger partial charge in [0.1, 0.15) is 0 Å². The van der Waals surface area contributed by atoms with Crippen molar-refractivity contribution in [2.45, 2.75) is 25.6 Å². The zero-order valence-electron chi connectivity index (χ0n) is 8.51. The number of aliphatic hydroxyl groups is 2. The minimum Gasteiger partial charge on any atom is -0.386 e. The Hall–Kier alpha value is -1.12. The molecule has 1 rings (SSSR count). The second kappa shape index (κ2) is 4.40. The van der Waals surface area contributed by atoms with Gasteiger partial charge >= 0.3 is 0 Å². The molecule has 0 saturated carbocycles. The van der Waals surface area contributed by atoms with Crippen molar-refractivity contribution >= 4 is 0 Å². The molecule has 14 heavy (non-hydrogen) atoms. The second-order valence-corrected chi connectivity index (χ2v) is 3.87. The van der Waals surface area contributed by atoms with Crippen LogP contribution in [0, 0.1) is 0 Å². The maximum atomic E-state index is 9.69. The van der Waals surface area contributed by atoms with Crippen molar-refractivity contribution in [3.05, 3.63) is 48.0 Å². The van der Waals surface area contributed by atoms with Crippen molar-refractivity contribution < 1.29 is 10.2 Å². The summed E-state index contributed by atoms with van der Waals surface area (Å²) in [6.07, 6.45) is 2.53. The van der Waals surface area contributed by atoms with Crippen molar-refractivity contribution in [3.63, 3.8) is 0 Å². The highest BCUT2D eigenvalue weighted by atomic mass is 16.3. The van der Waals surface area contributed by atoms with Gasteiger partial charge < -0.3 is 10.2 Å². The summed E-state index contributed by atoms with van der Waals surface area (Å²) >= 11 is 0. The topological polar surface area (TPSA) is 40.5 Å². The molecular formula is C12H16O2. The standard InChI is InChI=1S/C12H16O2/c1-12(2,14)9-8-11(13)10-6-4-3-5-7-10/h3-9,11,13-14H,1-2H3. The number of hydrogen-bond donors (Lipinski definition) is 2. The molecule has 0 amide bonds. The van der Waals surface area contributed by atoms with E-state index in [4.69, 9.17) is 0 Å². The highest BCUT2D eigenvalue weighted by molar-refractivity contribution is 5.21. The molecule has 0 aliphatic rings. The van der Waals surface area contributed by atoms with Crippen molar-refractivity contribution in [2.75, 3.05) is 0 Å². The fraction of sp³-hybridized carbons (Fsp3) is 0.333. The highest BCUT2D eigenvalue weighted by Crippen LogP contribution is 2.15. The Balaban J connectivity index is 2.69. The van der Waals surface area contributed by atoms with Gasteiger partial charge in [-0.05, 0) is 19.4 Å². The zero-order chi connectivity index (χ0) is 10.6. The van der Waals surface area contributed by atoms with Crippen molar-refractivity contribution in [3.8, 4) is 0 Å². The third kappa shape index (κ3) is 3.73. The molecule has 0 radical (unpaired) electrons. The van der Waals surface area contributed by atoms with Crippen LogP contribution in [0.3, 0.4) is 0 Å². The van der Waals surface area contributed by atoms with Crippen molar-refractivity contribution in [1.82, 2.24) is 0 Å². The average molecular weight is 192 g/mol. The van der Waals surface area contributed by atoms with Gasteiger partial charge in [-0.25, -0.2) is 0 Å². The second-order valence-electron chi connectivity index (χ2n) is 3.87. The minimum absolute atomic E-state index is 0.650. The van der Waals surface area contributed by atoms with Crippen LogP contribution in [0.15, 0.2) is 42.5 Å². The molecule has 1 unspecified atom stereocenters. The van der Waals surface area contributed by atoms with Crippen LogP contribution in [-0.2, 0) is 0 Å². The first kappa shape index (κ1) is 11.0. The molecule has 1 aromatic rings. The minimum atomic E-state index is -0.879. The Bertz CT molecular complexity index is 296.